The normalized spacial score (nSPS) is 10.8. The summed E-state index contributed by atoms with van der Waals surface area (Å²) in [7, 11) is 3.22. The lowest BCUT2D eigenvalue weighted by Crippen LogP contribution is -2.45. The van der Waals surface area contributed by atoms with Crippen molar-refractivity contribution in [3.05, 3.63) is 75.0 Å². The Kier molecular flexibility index (Phi) is 12.5. The second kappa shape index (κ2) is 16.0. The van der Waals surface area contributed by atoms with Gasteiger partial charge in [-0.15, -0.1) is 11.3 Å². The Bertz CT molecular complexity index is 1270. The molecule has 0 aliphatic rings. The lowest BCUT2D eigenvalue weighted by molar-refractivity contribution is -0.132. The lowest BCUT2D eigenvalue weighted by atomic mass is 10.1. The zero-order valence-electron chi connectivity index (χ0n) is 25.1. The number of carbonyl (C=O) groups is 2. The summed E-state index contributed by atoms with van der Waals surface area (Å²) in [6.45, 7) is 10.4. The minimum Gasteiger partial charge on any atom is -0.493 e. The third kappa shape index (κ3) is 9.50. The molecule has 0 spiro atoms. The second-order valence-electron chi connectivity index (χ2n) is 9.94. The standard InChI is InChI=1S/C32H43N3O5S/c1-7-40-19-9-17-35(32(37)33-31-23(2)10-8-11-24(31)3)22-30(36)34(21-27-14-12-25(4)41-27)18-16-26-13-15-28(38-5)29(20-26)39-6/h8,10-15,20H,7,9,16-19,21-22H2,1-6H3,(H,33,37). The molecular weight excluding hydrogens is 538 g/mol. The summed E-state index contributed by atoms with van der Waals surface area (Å²) < 4.78 is 16.3. The first-order valence-electron chi connectivity index (χ1n) is 14.0. The highest BCUT2D eigenvalue weighted by atomic mass is 32.1. The van der Waals surface area contributed by atoms with Crippen LogP contribution < -0.4 is 14.8 Å². The molecule has 41 heavy (non-hydrogen) atoms. The van der Waals surface area contributed by atoms with Crippen molar-refractivity contribution in [3.63, 3.8) is 0 Å². The molecular formula is C32H43N3O5S. The quantitative estimate of drug-likeness (QED) is 0.216. The fourth-order valence-electron chi connectivity index (χ4n) is 4.57. The van der Waals surface area contributed by atoms with Crippen LogP contribution in [0.25, 0.3) is 0 Å². The highest BCUT2D eigenvalue weighted by molar-refractivity contribution is 7.11. The maximum atomic E-state index is 13.8. The number of hydrogen-bond donors (Lipinski definition) is 1. The summed E-state index contributed by atoms with van der Waals surface area (Å²) in [6, 6.07) is 15.5. The van der Waals surface area contributed by atoms with Gasteiger partial charge in [0.1, 0.15) is 6.54 Å². The fourth-order valence-corrected chi connectivity index (χ4v) is 5.47. The summed E-state index contributed by atoms with van der Waals surface area (Å²) in [5, 5.41) is 3.05. The summed E-state index contributed by atoms with van der Waals surface area (Å²) in [5.74, 6) is 1.21. The molecule has 0 aliphatic carbocycles. The molecule has 0 unspecified atom stereocenters. The number of amides is 3. The van der Waals surface area contributed by atoms with Gasteiger partial charge in [-0.3, -0.25) is 4.79 Å². The Labute approximate surface area is 248 Å². The number of benzene rings is 2. The molecule has 3 rings (SSSR count). The molecule has 0 radical (unpaired) electrons. The van der Waals surface area contributed by atoms with Crippen molar-refractivity contribution in [1.29, 1.82) is 0 Å². The van der Waals surface area contributed by atoms with E-state index in [4.69, 9.17) is 14.2 Å². The summed E-state index contributed by atoms with van der Waals surface area (Å²) in [4.78, 5) is 33.0. The van der Waals surface area contributed by atoms with Gasteiger partial charge in [0.05, 0.1) is 20.8 Å². The first kappa shape index (κ1) is 32.0. The maximum Gasteiger partial charge on any atom is 0.322 e. The van der Waals surface area contributed by atoms with Gasteiger partial charge in [-0.2, -0.15) is 0 Å². The van der Waals surface area contributed by atoms with Crippen LogP contribution in [-0.2, 0) is 22.5 Å². The lowest BCUT2D eigenvalue weighted by Gasteiger charge is -2.28. The number of rotatable bonds is 15. The summed E-state index contributed by atoms with van der Waals surface area (Å²) in [6.07, 6.45) is 1.27. The third-order valence-electron chi connectivity index (χ3n) is 6.86. The largest absolute Gasteiger partial charge is 0.493 e. The number of nitrogens with one attached hydrogen (secondary N) is 1. The van der Waals surface area contributed by atoms with E-state index < -0.39 is 0 Å². The average molecular weight is 582 g/mol. The van der Waals surface area contributed by atoms with Crippen LogP contribution in [0.4, 0.5) is 10.5 Å². The minimum atomic E-state index is -0.293. The highest BCUT2D eigenvalue weighted by Crippen LogP contribution is 2.28. The number of aryl methyl sites for hydroxylation is 3. The number of urea groups is 1. The zero-order valence-corrected chi connectivity index (χ0v) is 25.9. The predicted molar refractivity (Wildman–Crippen MR) is 165 cm³/mol. The summed E-state index contributed by atoms with van der Waals surface area (Å²) >= 11 is 1.68. The van der Waals surface area contributed by atoms with Gasteiger partial charge in [-0.05, 0) is 81.5 Å². The number of methoxy groups -OCH3 is 2. The number of anilines is 1. The van der Waals surface area contributed by atoms with Crippen molar-refractivity contribution >= 4 is 29.0 Å². The van der Waals surface area contributed by atoms with Crippen LogP contribution >= 0.6 is 11.3 Å². The Morgan fingerprint density at radius 3 is 2.27 bits per heavy atom. The van der Waals surface area contributed by atoms with E-state index in [1.165, 1.54) is 4.88 Å². The molecule has 0 saturated carbocycles. The number of hydrogen-bond acceptors (Lipinski definition) is 6. The van der Waals surface area contributed by atoms with Crippen molar-refractivity contribution in [2.75, 3.05) is 52.4 Å². The molecule has 0 bridgehead atoms. The molecule has 2 aromatic carbocycles. The van der Waals surface area contributed by atoms with E-state index in [-0.39, 0.29) is 18.5 Å². The summed E-state index contributed by atoms with van der Waals surface area (Å²) in [5.41, 5.74) is 3.76. The number of carbonyl (C=O) groups excluding carboxylic acids is 2. The van der Waals surface area contributed by atoms with Crippen molar-refractivity contribution in [2.24, 2.45) is 0 Å². The molecule has 8 nitrogen and oxygen atoms in total. The average Bonchev–Trinajstić information content (AvgIpc) is 3.38. The number of ether oxygens (including phenoxy) is 3. The SMILES string of the molecule is CCOCCCN(CC(=O)N(CCc1ccc(OC)c(OC)c1)Cc1ccc(C)s1)C(=O)Nc1c(C)cccc1C. The number of thiophene rings is 1. The fraction of sp³-hybridized carbons (Fsp3) is 0.438. The topological polar surface area (TPSA) is 80.3 Å². The molecule has 0 atom stereocenters. The predicted octanol–water partition coefficient (Wildman–Crippen LogP) is 6.22. The van der Waals surface area contributed by atoms with Gasteiger partial charge in [0.2, 0.25) is 5.91 Å². The van der Waals surface area contributed by atoms with E-state index in [2.05, 4.69) is 24.4 Å². The van der Waals surface area contributed by atoms with Crippen LogP contribution in [0.3, 0.4) is 0 Å². The zero-order chi connectivity index (χ0) is 29.8. The van der Waals surface area contributed by atoms with E-state index in [0.717, 1.165) is 27.3 Å². The minimum absolute atomic E-state index is 0.0286. The van der Waals surface area contributed by atoms with E-state index in [1.807, 2.05) is 62.1 Å². The third-order valence-corrected chi connectivity index (χ3v) is 7.85. The van der Waals surface area contributed by atoms with Gasteiger partial charge in [-0.1, -0.05) is 24.3 Å². The number of nitrogens with zero attached hydrogens (tertiary/aromatic N) is 2. The monoisotopic (exact) mass is 581 g/mol. The molecule has 222 valence electrons. The number of para-hydroxylation sites is 1. The van der Waals surface area contributed by atoms with Crippen molar-refractivity contribution in [3.8, 4) is 11.5 Å². The first-order chi connectivity index (χ1) is 19.7. The van der Waals surface area contributed by atoms with Crippen LogP contribution in [0, 0.1) is 20.8 Å². The molecule has 0 aliphatic heterocycles. The molecule has 1 aromatic heterocycles. The van der Waals surface area contributed by atoms with Crippen LogP contribution in [0.2, 0.25) is 0 Å². The Hall–Kier alpha value is -3.56. The smallest absolute Gasteiger partial charge is 0.322 e. The molecule has 0 fully saturated rings. The van der Waals surface area contributed by atoms with Gasteiger partial charge in [0.25, 0.3) is 0 Å². The van der Waals surface area contributed by atoms with Gasteiger partial charge in [0.15, 0.2) is 11.5 Å². The van der Waals surface area contributed by atoms with E-state index in [1.54, 1.807) is 30.5 Å². The molecule has 3 amide bonds. The van der Waals surface area contributed by atoms with Gasteiger partial charge >= 0.3 is 6.03 Å². The second-order valence-corrected chi connectivity index (χ2v) is 11.3. The molecule has 1 heterocycles. The van der Waals surface area contributed by atoms with Crippen molar-refractivity contribution in [1.82, 2.24) is 9.80 Å². The Morgan fingerprint density at radius 1 is 0.902 bits per heavy atom. The molecule has 3 aromatic rings. The first-order valence-corrected chi connectivity index (χ1v) is 14.8. The van der Waals surface area contributed by atoms with E-state index >= 15 is 0 Å². The van der Waals surface area contributed by atoms with Crippen LogP contribution in [0.15, 0.2) is 48.5 Å². The van der Waals surface area contributed by atoms with Crippen LogP contribution in [-0.4, -0.2) is 68.8 Å². The van der Waals surface area contributed by atoms with Gasteiger partial charge < -0.3 is 29.3 Å². The van der Waals surface area contributed by atoms with E-state index in [0.29, 0.717) is 57.2 Å². The molecule has 9 heteroatoms. The highest BCUT2D eigenvalue weighted by Gasteiger charge is 2.23. The molecule has 0 saturated heterocycles. The van der Waals surface area contributed by atoms with Crippen LogP contribution in [0.5, 0.6) is 11.5 Å². The van der Waals surface area contributed by atoms with Gasteiger partial charge in [0, 0.05) is 41.7 Å². The maximum absolute atomic E-state index is 13.8. The Morgan fingerprint density at radius 2 is 1.63 bits per heavy atom. The van der Waals surface area contributed by atoms with Crippen molar-refractivity contribution in [2.45, 2.75) is 47.1 Å². The van der Waals surface area contributed by atoms with Crippen LogP contribution in [0.1, 0.15) is 39.8 Å². The van der Waals surface area contributed by atoms with Gasteiger partial charge in [-0.25, -0.2) is 4.79 Å². The van der Waals surface area contributed by atoms with E-state index in [9.17, 15) is 9.59 Å². The molecule has 1 N–H and O–H groups in total. The Balaban J connectivity index is 1.79. The van der Waals surface area contributed by atoms with Crippen molar-refractivity contribution < 1.29 is 23.8 Å².